The van der Waals surface area contributed by atoms with Gasteiger partial charge in [0.05, 0.1) is 6.04 Å². The molecule has 0 aliphatic carbocycles. The Morgan fingerprint density at radius 3 is 2.65 bits per heavy atom. The summed E-state index contributed by atoms with van der Waals surface area (Å²) in [5.41, 5.74) is 6.56. The Hall–Kier alpha value is -2.67. The molecule has 7 nitrogen and oxygen atoms in total. The number of rotatable bonds is 4. The highest BCUT2D eigenvalue weighted by Crippen LogP contribution is 2.33. The van der Waals surface area contributed by atoms with Crippen LogP contribution in [0.4, 0.5) is 0 Å². The van der Waals surface area contributed by atoms with Crippen molar-refractivity contribution < 1.29 is 19.5 Å². The minimum atomic E-state index is -1.13. The topological polar surface area (TPSA) is 113 Å². The first-order chi connectivity index (χ1) is 11.0. The highest BCUT2D eigenvalue weighted by molar-refractivity contribution is 6.01. The standard InChI is InChI=1S/C16H17N3O4/c17-12(9-5-2-1-3-6-9)14(20)18-13-10-7-4-8-11(16(22)23)19(10)15(13)21/h1-3,5-6,8,10,12-13H,4,7,17H2,(H,18,20)(H,22,23)/t10-,12-,13+/m1/s1. The van der Waals surface area contributed by atoms with Gasteiger partial charge in [0.25, 0.3) is 5.91 Å². The number of aliphatic carboxylic acids is 1. The van der Waals surface area contributed by atoms with Crippen LogP contribution in [0.2, 0.25) is 0 Å². The number of carbonyl (C=O) groups excluding carboxylic acids is 2. The summed E-state index contributed by atoms with van der Waals surface area (Å²) in [5.74, 6) is -1.98. The Labute approximate surface area is 132 Å². The fourth-order valence-electron chi connectivity index (χ4n) is 3.03. The number of hydrogen-bond acceptors (Lipinski definition) is 4. The van der Waals surface area contributed by atoms with Crippen molar-refractivity contribution in [2.24, 2.45) is 5.73 Å². The van der Waals surface area contributed by atoms with Gasteiger partial charge in [-0.1, -0.05) is 36.4 Å². The van der Waals surface area contributed by atoms with Crippen molar-refractivity contribution in [1.29, 1.82) is 0 Å². The number of carboxylic acids is 1. The largest absolute Gasteiger partial charge is 0.477 e. The maximum atomic E-state index is 12.2. The van der Waals surface area contributed by atoms with E-state index in [1.54, 1.807) is 24.3 Å². The number of fused-ring (bicyclic) bond motifs is 1. The molecular formula is C16H17N3O4. The van der Waals surface area contributed by atoms with Gasteiger partial charge in [0.1, 0.15) is 17.8 Å². The predicted molar refractivity (Wildman–Crippen MR) is 80.9 cm³/mol. The Balaban J connectivity index is 1.68. The molecule has 0 spiro atoms. The van der Waals surface area contributed by atoms with Gasteiger partial charge in [-0.05, 0) is 18.4 Å². The van der Waals surface area contributed by atoms with Crippen molar-refractivity contribution in [2.75, 3.05) is 0 Å². The Morgan fingerprint density at radius 2 is 2.00 bits per heavy atom. The summed E-state index contributed by atoms with van der Waals surface area (Å²) < 4.78 is 0. The molecular weight excluding hydrogens is 298 g/mol. The lowest BCUT2D eigenvalue weighted by Gasteiger charge is -2.49. The molecule has 3 rings (SSSR count). The average molecular weight is 315 g/mol. The molecule has 23 heavy (non-hydrogen) atoms. The van der Waals surface area contributed by atoms with Gasteiger partial charge in [-0.3, -0.25) is 14.5 Å². The fourth-order valence-corrected chi connectivity index (χ4v) is 3.03. The third-order valence-electron chi connectivity index (χ3n) is 4.24. The van der Waals surface area contributed by atoms with E-state index in [9.17, 15) is 14.4 Å². The second-order valence-electron chi connectivity index (χ2n) is 5.62. The summed E-state index contributed by atoms with van der Waals surface area (Å²) >= 11 is 0. The summed E-state index contributed by atoms with van der Waals surface area (Å²) in [6, 6.07) is 6.98. The molecule has 7 heteroatoms. The number of benzene rings is 1. The van der Waals surface area contributed by atoms with E-state index in [0.29, 0.717) is 18.4 Å². The zero-order valence-corrected chi connectivity index (χ0v) is 12.3. The van der Waals surface area contributed by atoms with Crippen molar-refractivity contribution in [2.45, 2.75) is 31.0 Å². The Bertz CT molecular complexity index is 686. The van der Waals surface area contributed by atoms with Gasteiger partial charge >= 0.3 is 5.97 Å². The number of carboxylic acid groups (broad SMARTS) is 1. The molecule has 120 valence electrons. The number of carbonyl (C=O) groups is 3. The summed E-state index contributed by atoms with van der Waals surface area (Å²) in [6.07, 6.45) is 2.71. The van der Waals surface area contributed by atoms with E-state index in [0.717, 1.165) is 0 Å². The lowest BCUT2D eigenvalue weighted by Crippen LogP contribution is -2.71. The van der Waals surface area contributed by atoms with Gasteiger partial charge in [-0.2, -0.15) is 0 Å². The van der Waals surface area contributed by atoms with Crippen LogP contribution in [0.15, 0.2) is 42.1 Å². The van der Waals surface area contributed by atoms with Gasteiger partial charge in [-0.25, -0.2) is 4.79 Å². The first-order valence-electron chi connectivity index (χ1n) is 7.38. The Morgan fingerprint density at radius 1 is 1.30 bits per heavy atom. The third-order valence-corrected chi connectivity index (χ3v) is 4.24. The maximum absolute atomic E-state index is 12.2. The van der Waals surface area contributed by atoms with E-state index in [2.05, 4.69) is 5.32 Å². The van der Waals surface area contributed by atoms with Crippen molar-refractivity contribution in [3.63, 3.8) is 0 Å². The molecule has 0 radical (unpaired) electrons. The first-order valence-corrected chi connectivity index (χ1v) is 7.38. The minimum Gasteiger partial charge on any atom is -0.477 e. The highest BCUT2D eigenvalue weighted by atomic mass is 16.4. The van der Waals surface area contributed by atoms with Gasteiger partial charge in [-0.15, -0.1) is 0 Å². The molecule has 0 unspecified atom stereocenters. The molecule has 2 aliphatic heterocycles. The fraction of sp³-hybridized carbons (Fsp3) is 0.312. The summed E-state index contributed by atoms with van der Waals surface area (Å²) in [6.45, 7) is 0. The molecule has 1 aromatic carbocycles. The molecule has 4 N–H and O–H groups in total. The first kappa shape index (κ1) is 15.2. The average Bonchev–Trinajstić information content (AvgIpc) is 2.58. The lowest BCUT2D eigenvalue weighted by molar-refractivity contribution is -0.155. The normalized spacial score (nSPS) is 24.1. The van der Waals surface area contributed by atoms with Gasteiger partial charge in [0, 0.05) is 0 Å². The molecule has 0 saturated carbocycles. The minimum absolute atomic E-state index is 0.0101. The van der Waals surface area contributed by atoms with Gasteiger partial charge in [0.15, 0.2) is 0 Å². The molecule has 1 fully saturated rings. The van der Waals surface area contributed by atoms with Crippen LogP contribution < -0.4 is 11.1 Å². The smallest absolute Gasteiger partial charge is 0.352 e. The van der Waals surface area contributed by atoms with E-state index in [1.807, 2.05) is 6.07 Å². The zero-order chi connectivity index (χ0) is 16.6. The van der Waals surface area contributed by atoms with Crippen molar-refractivity contribution in [1.82, 2.24) is 10.2 Å². The highest BCUT2D eigenvalue weighted by Gasteiger charge is 2.52. The van der Waals surface area contributed by atoms with Crippen LogP contribution in [0, 0.1) is 0 Å². The molecule has 0 aromatic heterocycles. The third kappa shape index (κ3) is 2.59. The number of β-lactam (4-membered cyclic amide) rings is 1. The molecule has 2 heterocycles. The van der Waals surface area contributed by atoms with Gasteiger partial charge in [0.2, 0.25) is 5.91 Å². The van der Waals surface area contributed by atoms with E-state index < -0.39 is 29.9 Å². The second-order valence-corrected chi connectivity index (χ2v) is 5.62. The zero-order valence-electron chi connectivity index (χ0n) is 12.3. The molecule has 0 bridgehead atoms. The number of nitrogens with zero attached hydrogens (tertiary/aromatic N) is 1. The van der Waals surface area contributed by atoms with Crippen LogP contribution in [-0.4, -0.2) is 39.9 Å². The van der Waals surface area contributed by atoms with Crippen LogP contribution in [0.25, 0.3) is 0 Å². The van der Waals surface area contributed by atoms with E-state index in [-0.39, 0.29) is 11.7 Å². The Kier molecular flexibility index (Phi) is 3.87. The lowest BCUT2D eigenvalue weighted by atomic mass is 9.86. The molecule has 3 atom stereocenters. The second kappa shape index (κ2) is 5.85. The molecule has 2 aliphatic rings. The summed E-state index contributed by atoms with van der Waals surface area (Å²) in [7, 11) is 0. The van der Waals surface area contributed by atoms with Crippen molar-refractivity contribution in [3.8, 4) is 0 Å². The summed E-state index contributed by atoms with van der Waals surface area (Å²) in [4.78, 5) is 36.8. The van der Waals surface area contributed by atoms with Crippen molar-refractivity contribution >= 4 is 17.8 Å². The van der Waals surface area contributed by atoms with E-state index in [4.69, 9.17) is 10.8 Å². The quantitative estimate of drug-likeness (QED) is 0.684. The van der Waals surface area contributed by atoms with Gasteiger partial charge < -0.3 is 16.2 Å². The monoisotopic (exact) mass is 315 g/mol. The maximum Gasteiger partial charge on any atom is 0.352 e. The van der Waals surface area contributed by atoms with E-state index in [1.165, 1.54) is 11.0 Å². The predicted octanol–water partition coefficient (Wildman–Crippen LogP) is 0.144. The number of allylic oxidation sites excluding steroid dienone is 1. The summed E-state index contributed by atoms with van der Waals surface area (Å²) in [5, 5.41) is 11.8. The molecule has 2 amide bonds. The number of nitrogens with two attached hydrogens (primary N) is 1. The van der Waals surface area contributed by atoms with Crippen LogP contribution in [0.5, 0.6) is 0 Å². The number of hydrogen-bond donors (Lipinski definition) is 3. The van der Waals surface area contributed by atoms with Crippen LogP contribution in [0.3, 0.4) is 0 Å². The van der Waals surface area contributed by atoms with Crippen LogP contribution >= 0.6 is 0 Å². The number of amides is 2. The molecule has 1 aromatic rings. The SMILES string of the molecule is N[C@@H](C(=O)N[C@@H]1C(=O)N2C(C(=O)O)=CCC[C@H]12)c1ccccc1. The van der Waals surface area contributed by atoms with Crippen LogP contribution in [-0.2, 0) is 14.4 Å². The van der Waals surface area contributed by atoms with Crippen molar-refractivity contribution in [3.05, 3.63) is 47.7 Å². The van der Waals surface area contributed by atoms with Crippen LogP contribution in [0.1, 0.15) is 24.4 Å². The molecule has 1 saturated heterocycles. The van der Waals surface area contributed by atoms with E-state index >= 15 is 0 Å². The number of nitrogens with one attached hydrogen (secondary N) is 1.